The van der Waals surface area contributed by atoms with Crippen molar-refractivity contribution >= 4 is 17.2 Å². The third-order valence-electron chi connectivity index (χ3n) is 3.78. The summed E-state index contributed by atoms with van der Waals surface area (Å²) in [5, 5.41) is 8.49. The molecule has 0 unspecified atom stereocenters. The van der Waals surface area contributed by atoms with E-state index in [9.17, 15) is 4.79 Å². The lowest BCUT2D eigenvalue weighted by Crippen LogP contribution is -2.60. The Kier molecular flexibility index (Phi) is 4.60. The molecule has 1 fully saturated rings. The second kappa shape index (κ2) is 6.03. The molecule has 0 spiro atoms. The summed E-state index contributed by atoms with van der Waals surface area (Å²) in [6.07, 6.45) is 0. The molecule has 1 aliphatic heterocycles. The van der Waals surface area contributed by atoms with E-state index in [-0.39, 0.29) is 11.9 Å². The van der Waals surface area contributed by atoms with E-state index >= 15 is 0 Å². The molecule has 2 heterocycles. The predicted molar refractivity (Wildman–Crippen MR) is 79.4 cm³/mol. The van der Waals surface area contributed by atoms with Gasteiger partial charge in [-0.15, -0.1) is 11.3 Å². The molecule has 19 heavy (non-hydrogen) atoms. The molecule has 5 heteroatoms. The lowest BCUT2D eigenvalue weighted by molar-refractivity contribution is -0.132. The maximum Gasteiger partial charge on any atom is 0.240 e. The highest BCUT2D eigenvalue weighted by Crippen LogP contribution is 2.21. The van der Waals surface area contributed by atoms with Gasteiger partial charge >= 0.3 is 0 Å². The fraction of sp³-hybridized carbons (Fsp3) is 0.643. The predicted octanol–water partition coefficient (Wildman–Crippen LogP) is 1.61. The Bertz CT molecular complexity index is 410. The van der Waals surface area contributed by atoms with E-state index < -0.39 is 5.54 Å². The van der Waals surface area contributed by atoms with E-state index in [1.54, 1.807) is 11.3 Å². The van der Waals surface area contributed by atoms with Crippen LogP contribution in [0.25, 0.3) is 0 Å². The van der Waals surface area contributed by atoms with Crippen LogP contribution in [0.4, 0.5) is 0 Å². The summed E-state index contributed by atoms with van der Waals surface area (Å²) in [6.45, 7) is 9.82. The Hall–Kier alpha value is -0.910. The van der Waals surface area contributed by atoms with Crippen LogP contribution >= 0.6 is 11.3 Å². The summed E-state index contributed by atoms with van der Waals surface area (Å²) < 4.78 is 0. The van der Waals surface area contributed by atoms with Crippen molar-refractivity contribution in [3.05, 3.63) is 22.4 Å². The van der Waals surface area contributed by atoms with Crippen LogP contribution in [0.2, 0.25) is 0 Å². The van der Waals surface area contributed by atoms with Crippen molar-refractivity contribution in [3.8, 4) is 0 Å². The lowest BCUT2D eigenvalue weighted by Gasteiger charge is -2.40. The van der Waals surface area contributed by atoms with Crippen LogP contribution in [-0.4, -0.2) is 42.5 Å². The molecule has 0 aliphatic carbocycles. The van der Waals surface area contributed by atoms with Crippen LogP contribution in [0.1, 0.15) is 31.7 Å². The topological polar surface area (TPSA) is 44.4 Å². The molecule has 0 radical (unpaired) electrons. The number of hydrogen-bond acceptors (Lipinski definition) is 4. The van der Waals surface area contributed by atoms with Gasteiger partial charge in [-0.3, -0.25) is 9.69 Å². The minimum Gasteiger partial charge on any atom is -0.347 e. The Morgan fingerprint density at radius 1 is 1.47 bits per heavy atom. The van der Waals surface area contributed by atoms with Crippen LogP contribution in [0.5, 0.6) is 0 Å². The van der Waals surface area contributed by atoms with E-state index in [2.05, 4.69) is 21.6 Å². The molecule has 0 saturated carbocycles. The zero-order valence-corrected chi connectivity index (χ0v) is 12.7. The molecule has 106 valence electrons. The van der Waals surface area contributed by atoms with E-state index in [0.29, 0.717) is 0 Å². The second-order valence-corrected chi connectivity index (χ2v) is 6.49. The van der Waals surface area contributed by atoms with Crippen LogP contribution < -0.4 is 10.6 Å². The molecular weight excluding hydrogens is 258 g/mol. The summed E-state index contributed by atoms with van der Waals surface area (Å²) in [7, 11) is 0. The first-order chi connectivity index (χ1) is 9.01. The van der Waals surface area contributed by atoms with Gasteiger partial charge in [0, 0.05) is 31.1 Å². The highest BCUT2D eigenvalue weighted by atomic mass is 32.1. The smallest absolute Gasteiger partial charge is 0.240 e. The number of thiophene rings is 1. The quantitative estimate of drug-likeness (QED) is 0.881. The van der Waals surface area contributed by atoms with Crippen LogP contribution in [0.3, 0.4) is 0 Å². The van der Waals surface area contributed by atoms with E-state index in [1.807, 2.05) is 32.2 Å². The molecule has 2 rings (SSSR count). The molecule has 0 aromatic carbocycles. The van der Waals surface area contributed by atoms with Gasteiger partial charge in [-0.05, 0) is 32.2 Å². The molecule has 1 aliphatic rings. The first-order valence-electron chi connectivity index (χ1n) is 6.82. The molecule has 1 aromatic rings. The Labute approximate surface area is 119 Å². The van der Waals surface area contributed by atoms with Crippen LogP contribution in [0.15, 0.2) is 17.5 Å². The zero-order chi connectivity index (χ0) is 13.9. The average Bonchev–Trinajstić information content (AvgIpc) is 2.93. The van der Waals surface area contributed by atoms with Gasteiger partial charge < -0.3 is 10.6 Å². The van der Waals surface area contributed by atoms with Crippen molar-refractivity contribution in [1.29, 1.82) is 0 Å². The lowest BCUT2D eigenvalue weighted by atomic mass is 10.00. The summed E-state index contributed by atoms with van der Waals surface area (Å²) in [5.41, 5.74) is -0.451. The van der Waals surface area contributed by atoms with Gasteiger partial charge in [0.05, 0.1) is 11.6 Å². The maximum absolute atomic E-state index is 12.5. The van der Waals surface area contributed by atoms with Crippen molar-refractivity contribution in [2.75, 3.05) is 26.2 Å². The fourth-order valence-electron chi connectivity index (χ4n) is 2.35. The largest absolute Gasteiger partial charge is 0.347 e. The second-order valence-electron chi connectivity index (χ2n) is 5.51. The normalized spacial score (nSPS) is 19.1. The van der Waals surface area contributed by atoms with E-state index in [1.165, 1.54) is 4.88 Å². The molecule has 1 amide bonds. The van der Waals surface area contributed by atoms with E-state index in [0.717, 1.165) is 26.2 Å². The molecule has 1 saturated heterocycles. The van der Waals surface area contributed by atoms with Gasteiger partial charge in [0.25, 0.3) is 0 Å². The maximum atomic E-state index is 12.5. The summed E-state index contributed by atoms with van der Waals surface area (Å²) in [6, 6.07) is 4.16. The first kappa shape index (κ1) is 14.5. The van der Waals surface area contributed by atoms with Gasteiger partial charge in [0.1, 0.15) is 0 Å². The number of carbonyl (C=O) groups excluding carboxylic acids is 1. The monoisotopic (exact) mass is 281 g/mol. The first-order valence-corrected chi connectivity index (χ1v) is 7.70. The number of carbonyl (C=O) groups is 1. The van der Waals surface area contributed by atoms with Gasteiger partial charge in [0.15, 0.2) is 0 Å². The molecule has 1 atom stereocenters. The number of rotatable bonds is 4. The van der Waals surface area contributed by atoms with Crippen LogP contribution in [-0.2, 0) is 4.79 Å². The van der Waals surface area contributed by atoms with E-state index in [4.69, 9.17) is 0 Å². The summed E-state index contributed by atoms with van der Waals surface area (Å²) in [4.78, 5) is 15.9. The Morgan fingerprint density at radius 2 is 2.16 bits per heavy atom. The van der Waals surface area contributed by atoms with Gasteiger partial charge in [-0.1, -0.05) is 6.07 Å². The molecule has 1 aromatic heterocycles. The van der Waals surface area contributed by atoms with Crippen molar-refractivity contribution in [2.24, 2.45) is 0 Å². The minimum absolute atomic E-state index is 0.0784. The third kappa shape index (κ3) is 3.35. The summed E-state index contributed by atoms with van der Waals surface area (Å²) >= 11 is 1.68. The van der Waals surface area contributed by atoms with Crippen molar-refractivity contribution in [1.82, 2.24) is 15.5 Å². The molecule has 4 nitrogen and oxygen atoms in total. The standard InChI is InChI=1S/C14H23N3OS/c1-11(12-5-4-10-19-12)16-13(18)14(2,3)17-8-6-15-7-9-17/h4-5,10-11,15H,6-9H2,1-3H3,(H,16,18)/t11-/m0/s1. The van der Waals surface area contributed by atoms with Crippen molar-refractivity contribution in [2.45, 2.75) is 32.4 Å². The zero-order valence-electron chi connectivity index (χ0n) is 11.9. The Balaban J connectivity index is 1.97. The van der Waals surface area contributed by atoms with Gasteiger partial charge in [-0.2, -0.15) is 0 Å². The van der Waals surface area contributed by atoms with Crippen molar-refractivity contribution in [3.63, 3.8) is 0 Å². The number of piperazine rings is 1. The SMILES string of the molecule is C[C@H](NC(=O)C(C)(C)N1CCNCC1)c1cccs1. The van der Waals surface area contributed by atoms with Gasteiger partial charge in [-0.25, -0.2) is 0 Å². The highest BCUT2D eigenvalue weighted by Gasteiger charge is 2.35. The number of nitrogens with one attached hydrogen (secondary N) is 2. The Morgan fingerprint density at radius 3 is 2.74 bits per heavy atom. The fourth-order valence-corrected chi connectivity index (χ4v) is 3.08. The number of amides is 1. The molecule has 0 bridgehead atoms. The molecular formula is C14H23N3OS. The average molecular weight is 281 g/mol. The van der Waals surface area contributed by atoms with Crippen LogP contribution in [0, 0.1) is 0 Å². The molecule has 2 N–H and O–H groups in total. The third-order valence-corrected chi connectivity index (χ3v) is 4.84. The number of nitrogens with zero attached hydrogens (tertiary/aromatic N) is 1. The van der Waals surface area contributed by atoms with Gasteiger partial charge in [0.2, 0.25) is 5.91 Å². The number of hydrogen-bond donors (Lipinski definition) is 2. The summed E-state index contributed by atoms with van der Waals surface area (Å²) in [5.74, 6) is 0.107. The highest BCUT2D eigenvalue weighted by molar-refractivity contribution is 7.10. The minimum atomic E-state index is -0.451. The van der Waals surface area contributed by atoms with Crippen molar-refractivity contribution < 1.29 is 4.79 Å².